The first-order chi connectivity index (χ1) is 13.1. The van der Waals surface area contributed by atoms with Crippen LogP contribution in [0.1, 0.15) is 48.2 Å². The van der Waals surface area contributed by atoms with Crippen LogP contribution in [0.3, 0.4) is 0 Å². The summed E-state index contributed by atoms with van der Waals surface area (Å²) in [6, 6.07) is 3.60. The molecule has 3 saturated heterocycles. The van der Waals surface area contributed by atoms with Crippen molar-refractivity contribution in [3.63, 3.8) is 0 Å². The molecule has 2 bridgehead atoms. The van der Waals surface area contributed by atoms with Gasteiger partial charge in [0.25, 0.3) is 5.91 Å². The molecule has 1 spiro atoms. The van der Waals surface area contributed by atoms with Crippen LogP contribution >= 0.6 is 0 Å². The summed E-state index contributed by atoms with van der Waals surface area (Å²) < 4.78 is 6.41. The fraction of sp³-hybridized carbons (Fsp3) is 0.667. The fourth-order valence-corrected chi connectivity index (χ4v) is 5.57. The van der Waals surface area contributed by atoms with Gasteiger partial charge in [0, 0.05) is 42.7 Å². The molecule has 2 amide bonds. The Balaban J connectivity index is 1.26. The lowest BCUT2D eigenvalue weighted by Crippen LogP contribution is -2.42. The number of likely N-dealkylation sites (tertiary alicyclic amines) is 1. The molecule has 1 saturated carbocycles. The molecule has 6 nitrogen and oxygen atoms in total. The number of aryl methyl sites for hydroxylation is 1. The minimum atomic E-state index is -0.163. The van der Waals surface area contributed by atoms with Gasteiger partial charge in [-0.15, -0.1) is 0 Å². The Hall–Kier alpha value is -1.95. The highest BCUT2D eigenvalue weighted by Crippen LogP contribution is 2.55. The lowest BCUT2D eigenvalue weighted by atomic mass is 9.73. The average molecular weight is 369 g/mol. The van der Waals surface area contributed by atoms with Gasteiger partial charge in [-0.2, -0.15) is 0 Å². The number of hydrogen-bond donors (Lipinski definition) is 1. The van der Waals surface area contributed by atoms with Crippen molar-refractivity contribution >= 4 is 11.8 Å². The van der Waals surface area contributed by atoms with E-state index in [9.17, 15) is 9.59 Å². The summed E-state index contributed by atoms with van der Waals surface area (Å²) in [5.74, 6) is 1.13. The van der Waals surface area contributed by atoms with Crippen LogP contribution in [0.25, 0.3) is 0 Å². The molecule has 4 heterocycles. The topological polar surface area (TPSA) is 71.5 Å². The molecule has 5 rings (SSSR count). The second kappa shape index (κ2) is 6.30. The van der Waals surface area contributed by atoms with Crippen LogP contribution in [0.2, 0.25) is 0 Å². The van der Waals surface area contributed by atoms with E-state index in [1.807, 2.05) is 13.0 Å². The van der Waals surface area contributed by atoms with E-state index in [0.717, 1.165) is 44.5 Å². The van der Waals surface area contributed by atoms with Gasteiger partial charge in [-0.1, -0.05) is 6.42 Å². The number of pyridine rings is 1. The number of hydrogen-bond acceptors (Lipinski definition) is 4. The molecule has 6 heteroatoms. The van der Waals surface area contributed by atoms with Gasteiger partial charge in [0.1, 0.15) is 0 Å². The maximum atomic E-state index is 12.7. The molecular weight excluding hydrogens is 342 g/mol. The fourth-order valence-electron chi connectivity index (χ4n) is 5.57. The molecule has 1 aromatic rings. The summed E-state index contributed by atoms with van der Waals surface area (Å²) in [7, 11) is 0. The van der Waals surface area contributed by atoms with Gasteiger partial charge in [-0.3, -0.25) is 14.6 Å². The van der Waals surface area contributed by atoms with E-state index in [4.69, 9.17) is 4.74 Å². The van der Waals surface area contributed by atoms with Crippen LogP contribution in [0, 0.1) is 24.7 Å². The van der Waals surface area contributed by atoms with Crippen LogP contribution in [0.15, 0.2) is 18.3 Å². The van der Waals surface area contributed by atoms with E-state index in [1.54, 1.807) is 12.3 Å². The molecule has 27 heavy (non-hydrogen) atoms. The summed E-state index contributed by atoms with van der Waals surface area (Å²) in [5, 5.41) is 3.10. The Labute approximate surface area is 159 Å². The number of carbonyl (C=O) groups excluding carboxylic acids is 2. The van der Waals surface area contributed by atoms with Gasteiger partial charge in [0.2, 0.25) is 5.91 Å². The first kappa shape index (κ1) is 17.2. The molecular formula is C21H27N3O3. The lowest BCUT2D eigenvalue weighted by molar-refractivity contribution is -0.138. The van der Waals surface area contributed by atoms with Crippen LogP contribution in [-0.4, -0.2) is 53.0 Å². The van der Waals surface area contributed by atoms with Crippen molar-refractivity contribution in [1.29, 1.82) is 0 Å². The number of ether oxygens (including phenoxy) is 1. The van der Waals surface area contributed by atoms with Crippen LogP contribution in [0.4, 0.5) is 0 Å². The Morgan fingerprint density at radius 2 is 2.22 bits per heavy atom. The zero-order valence-corrected chi connectivity index (χ0v) is 15.8. The number of nitrogens with one attached hydrogen (secondary N) is 1. The van der Waals surface area contributed by atoms with Crippen LogP contribution < -0.4 is 5.32 Å². The summed E-state index contributed by atoms with van der Waals surface area (Å²) in [4.78, 5) is 31.5. The zero-order valence-electron chi connectivity index (χ0n) is 15.8. The van der Waals surface area contributed by atoms with Crippen LogP contribution in [0.5, 0.6) is 0 Å². The quantitative estimate of drug-likeness (QED) is 0.880. The third-order valence-electron chi connectivity index (χ3n) is 7.30. The number of amides is 2. The highest BCUT2D eigenvalue weighted by molar-refractivity contribution is 5.95. The van der Waals surface area contributed by atoms with Gasteiger partial charge >= 0.3 is 0 Å². The third kappa shape index (κ3) is 2.68. The van der Waals surface area contributed by atoms with Crippen molar-refractivity contribution < 1.29 is 14.3 Å². The van der Waals surface area contributed by atoms with E-state index in [1.165, 1.54) is 6.42 Å². The molecule has 4 atom stereocenters. The summed E-state index contributed by atoms with van der Waals surface area (Å²) >= 11 is 0. The Bertz CT molecular complexity index is 778. The normalized spacial score (nSPS) is 34.4. The van der Waals surface area contributed by atoms with Crippen molar-refractivity contribution in [3.8, 4) is 0 Å². The standard InChI is InChI=1S/C21H27N3O3/c1-13-15(6-3-9-22-13)19(25)23-10-16-17-11-24(20(26)14-4-2-5-14)12-21(17)8-7-18(16)27-21/h3,6,9,14,16-18H,2,4-5,7-8,10-12H2,1H3,(H,23,25)/t16-,17+,18+,21+/m0/s1. The summed E-state index contributed by atoms with van der Waals surface area (Å²) in [6.45, 7) is 4.00. The van der Waals surface area contributed by atoms with Gasteiger partial charge in [0.05, 0.1) is 23.8 Å². The minimum absolute atomic E-state index is 0.0715. The second-order valence-corrected chi connectivity index (χ2v) is 8.72. The number of nitrogens with zero attached hydrogens (tertiary/aromatic N) is 2. The average Bonchev–Trinajstić information content (AvgIpc) is 3.26. The van der Waals surface area contributed by atoms with Gasteiger partial charge in [-0.25, -0.2) is 0 Å². The molecule has 0 radical (unpaired) electrons. The van der Waals surface area contributed by atoms with E-state index >= 15 is 0 Å². The Morgan fingerprint density at radius 1 is 1.37 bits per heavy atom. The number of carbonyl (C=O) groups is 2. The molecule has 1 aliphatic carbocycles. The molecule has 4 aliphatic rings. The summed E-state index contributed by atoms with van der Waals surface area (Å²) in [6.07, 6.45) is 7.26. The van der Waals surface area contributed by atoms with E-state index in [2.05, 4.69) is 15.2 Å². The molecule has 4 fully saturated rings. The zero-order chi connectivity index (χ0) is 18.6. The molecule has 3 aliphatic heterocycles. The first-order valence-corrected chi connectivity index (χ1v) is 10.2. The molecule has 1 aromatic heterocycles. The van der Waals surface area contributed by atoms with Crippen molar-refractivity contribution in [1.82, 2.24) is 15.2 Å². The first-order valence-electron chi connectivity index (χ1n) is 10.2. The van der Waals surface area contributed by atoms with Crippen molar-refractivity contribution in [3.05, 3.63) is 29.6 Å². The monoisotopic (exact) mass is 369 g/mol. The largest absolute Gasteiger partial charge is 0.369 e. The third-order valence-corrected chi connectivity index (χ3v) is 7.30. The smallest absolute Gasteiger partial charge is 0.253 e. The highest BCUT2D eigenvalue weighted by atomic mass is 16.5. The van der Waals surface area contributed by atoms with Crippen molar-refractivity contribution in [2.45, 2.75) is 50.7 Å². The van der Waals surface area contributed by atoms with Gasteiger partial charge in [0.15, 0.2) is 0 Å². The van der Waals surface area contributed by atoms with Gasteiger partial charge < -0.3 is 15.0 Å². The lowest BCUT2D eigenvalue weighted by Gasteiger charge is -2.30. The summed E-state index contributed by atoms with van der Waals surface area (Å²) in [5.41, 5.74) is 1.21. The second-order valence-electron chi connectivity index (χ2n) is 8.72. The SMILES string of the molecule is Cc1ncccc1C(=O)NC[C@H]1[C@H]2CN(C(=O)C3CCC3)C[C@]23CC[C@H]1O3. The minimum Gasteiger partial charge on any atom is -0.369 e. The van der Waals surface area contributed by atoms with Gasteiger partial charge in [-0.05, 0) is 44.7 Å². The predicted octanol–water partition coefficient (Wildman–Crippen LogP) is 1.93. The van der Waals surface area contributed by atoms with E-state index in [0.29, 0.717) is 29.9 Å². The molecule has 144 valence electrons. The van der Waals surface area contributed by atoms with E-state index < -0.39 is 0 Å². The molecule has 1 N–H and O–H groups in total. The highest BCUT2D eigenvalue weighted by Gasteiger charge is 2.63. The Kier molecular flexibility index (Phi) is 4.00. The maximum Gasteiger partial charge on any atom is 0.253 e. The number of aromatic nitrogens is 1. The van der Waals surface area contributed by atoms with Crippen molar-refractivity contribution in [2.75, 3.05) is 19.6 Å². The maximum absolute atomic E-state index is 12.7. The Morgan fingerprint density at radius 3 is 2.96 bits per heavy atom. The molecule has 0 unspecified atom stereocenters. The number of rotatable bonds is 4. The van der Waals surface area contributed by atoms with E-state index in [-0.39, 0.29) is 23.5 Å². The number of fused-ring (bicyclic) bond motifs is 1. The molecule has 0 aromatic carbocycles. The van der Waals surface area contributed by atoms with Crippen molar-refractivity contribution in [2.24, 2.45) is 17.8 Å². The van der Waals surface area contributed by atoms with Crippen LogP contribution in [-0.2, 0) is 9.53 Å². The predicted molar refractivity (Wildman–Crippen MR) is 99.0 cm³/mol.